The molecule has 1 radical (unpaired) electrons. The summed E-state index contributed by atoms with van der Waals surface area (Å²) in [6.45, 7) is 2.11. The van der Waals surface area contributed by atoms with E-state index in [1.165, 1.54) is 18.8 Å². The second-order valence-corrected chi connectivity index (χ2v) is 4.30. The summed E-state index contributed by atoms with van der Waals surface area (Å²) in [5.74, 6) is 1.83. The molecule has 1 rings (SSSR count). The molecular formula is C8H16NO2S. The Balaban J connectivity index is 2.05. The fourth-order valence-electron chi connectivity index (χ4n) is 1.49. The summed E-state index contributed by atoms with van der Waals surface area (Å²) < 4.78 is 20.5. The van der Waals surface area contributed by atoms with Crippen molar-refractivity contribution in [3.05, 3.63) is 5.92 Å². The third kappa shape index (κ3) is 4.07. The SMILES string of the molecule is O=[SH](=O)CCC[C]1CCCNC1. The van der Waals surface area contributed by atoms with Gasteiger partial charge in [-0.1, -0.05) is 0 Å². The summed E-state index contributed by atoms with van der Waals surface area (Å²) >= 11 is 0. The quantitative estimate of drug-likeness (QED) is 0.628. The van der Waals surface area contributed by atoms with Crippen molar-refractivity contribution in [1.82, 2.24) is 5.32 Å². The van der Waals surface area contributed by atoms with Crippen molar-refractivity contribution >= 4 is 10.7 Å². The standard InChI is InChI=1S/C8H16NO2S/c10-12(11)6-2-4-8-3-1-5-9-7-8/h9,12H,1-7H2. The van der Waals surface area contributed by atoms with E-state index < -0.39 is 10.7 Å². The van der Waals surface area contributed by atoms with Gasteiger partial charge < -0.3 is 5.32 Å². The van der Waals surface area contributed by atoms with E-state index in [4.69, 9.17) is 0 Å². The Morgan fingerprint density at radius 1 is 1.42 bits per heavy atom. The van der Waals surface area contributed by atoms with Crippen LogP contribution in [0.2, 0.25) is 0 Å². The first-order valence-electron chi connectivity index (χ1n) is 4.45. The molecule has 1 heterocycles. The van der Waals surface area contributed by atoms with Gasteiger partial charge in [0.1, 0.15) is 10.7 Å². The van der Waals surface area contributed by atoms with Crippen LogP contribution in [0.1, 0.15) is 25.7 Å². The van der Waals surface area contributed by atoms with Gasteiger partial charge in [0.25, 0.3) is 0 Å². The van der Waals surface area contributed by atoms with Crippen LogP contribution in [0.4, 0.5) is 0 Å². The predicted molar refractivity (Wildman–Crippen MR) is 49.8 cm³/mol. The summed E-state index contributed by atoms with van der Waals surface area (Å²) in [7, 11) is -2.16. The van der Waals surface area contributed by atoms with Crippen LogP contribution in [0.25, 0.3) is 0 Å². The monoisotopic (exact) mass is 190 g/mol. The van der Waals surface area contributed by atoms with E-state index in [2.05, 4.69) is 5.32 Å². The zero-order chi connectivity index (χ0) is 8.81. The van der Waals surface area contributed by atoms with Crippen molar-refractivity contribution in [2.24, 2.45) is 0 Å². The smallest absolute Gasteiger partial charge is 0.140 e. The summed E-state index contributed by atoms with van der Waals surface area (Å²) in [6, 6.07) is 0. The third-order valence-electron chi connectivity index (χ3n) is 2.13. The number of thiol groups is 1. The molecule has 3 nitrogen and oxygen atoms in total. The highest BCUT2D eigenvalue weighted by Crippen LogP contribution is 2.17. The van der Waals surface area contributed by atoms with Gasteiger partial charge in [-0.15, -0.1) is 0 Å². The van der Waals surface area contributed by atoms with Gasteiger partial charge in [0.2, 0.25) is 0 Å². The molecule has 0 bridgehead atoms. The number of piperidine rings is 1. The topological polar surface area (TPSA) is 46.2 Å². The maximum absolute atomic E-state index is 10.3. The lowest BCUT2D eigenvalue weighted by Crippen LogP contribution is -2.28. The van der Waals surface area contributed by atoms with Crippen LogP contribution < -0.4 is 5.32 Å². The molecule has 0 saturated carbocycles. The molecule has 0 aromatic rings. The first kappa shape index (κ1) is 9.99. The molecule has 1 aliphatic rings. The van der Waals surface area contributed by atoms with Crippen LogP contribution in [-0.4, -0.2) is 27.3 Å². The van der Waals surface area contributed by atoms with E-state index in [0.29, 0.717) is 5.75 Å². The summed E-state index contributed by atoms with van der Waals surface area (Å²) in [5.41, 5.74) is 0. The Hall–Kier alpha value is -0.0900. The summed E-state index contributed by atoms with van der Waals surface area (Å²) in [6.07, 6.45) is 4.17. The molecule has 0 atom stereocenters. The normalized spacial score (nSPS) is 20.1. The fraction of sp³-hybridized carbons (Fsp3) is 0.875. The Morgan fingerprint density at radius 2 is 2.25 bits per heavy atom. The van der Waals surface area contributed by atoms with Gasteiger partial charge in [0.15, 0.2) is 0 Å². The lowest BCUT2D eigenvalue weighted by molar-refractivity contribution is 0.516. The average Bonchev–Trinajstić information content (AvgIpc) is 2.05. The Labute approximate surface area is 75.5 Å². The minimum absolute atomic E-state index is 0.346. The molecule has 0 unspecified atom stereocenters. The molecule has 1 N–H and O–H groups in total. The fourth-order valence-corrected chi connectivity index (χ4v) is 1.90. The zero-order valence-electron chi connectivity index (χ0n) is 7.21. The van der Waals surface area contributed by atoms with Crippen molar-refractivity contribution in [1.29, 1.82) is 0 Å². The molecule has 4 heteroatoms. The van der Waals surface area contributed by atoms with Crippen molar-refractivity contribution in [3.8, 4) is 0 Å². The Morgan fingerprint density at radius 3 is 2.83 bits per heavy atom. The highest BCUT2D eigenvalue weighted by Gasteiger charge is 2.12. The number of hydrogen-bond donors (Lipinski definition) is 2. The first-order chi connectivity index (χ1) is 5.79. The molecule has 12 heavy (non-hydrogen) atoms. The molecule has 71 valence electrons. The van der Waals surface area contributed by atoms with Gasteiger partial charge in [-0.3, -0.25) is 0 Å². The van der Waals surface area contributed by atoms with E-state index in [1.54, 1.807) is 0 Å². The highest BCUT2D eigenvalue weighted by atomic mass is 32.2. The molecule has 0 aromatic heterocycles. The van der Waals surface area contributed by atoms with Crippen LogP contribution in [0.5, 0.6) is 0 Å². The van der Waals surface area contributed by atoms with Crippen LogP contribution in [0.15, 0.2) is 0 Å². The summed E-state index contributed by atoms with van der Waals surface area (Å²) in [4.78, 5) is 0. The van der Waals surface area contributed by atoms with E-state index in [9.17, 15) is 8.42 Å². The predicted octanol–water partition coefficient (Wildman–Crippen LogP) is 0.336. The van der Waals surface area contributed by atoms with E-state index in [0.717, 1.165) is 25.9 Å². The van der Waals surface area contributed by atoms with Gasteiger partial charge in [0, 0.05) is 12.3 Å². The van der Waals surface area contributed by atoms with E-state index >= 15 is 0 Å². The van der Waals surface area contributed by atoms with Crippen LogP contribution in [0, 0.1) is 5.92 Å². The average molecular weight is 190 g/mol. The molecule has 1 aliphatic heterocycles. The molecule has 1 fully saturated rings. The van der Waals surface area contributed by atoms with Gasteiger partial charge in [0.05, 0.1) is 0 Å². The van der Waals surface area contributed by atoms with Gasteiger partial charge in [-0.2, -0.15) is 0 Å². The lowest BCUT2D eigenvalue weighted by atomic mass is 9.95. The molecule has 1 saturated heterocycles. The maximum Gasteiger partial charge on any atom is 0.140 e. The first-order valence-corrected chi connectivity index (χ1v) is 5.81. The summed E-state index contributed by atoms with van der Waals surface area (Å²) in [5, 5.41) is 3.28. The van der Waals surface area contributed by atoms with Gasteiger partial charge in [-0.05, 0) is 38.1 Å². The third-order valence-corrected chi connectivity index (χ3v) is 2.81. The minimum Gasteiger partial charge on any atom is -0.316 e. The Kier molecular flexibility index (Phi) is 4.61. The van der Waals surface area contributed by atoms with Crippen LogP contribution >= 0.6 is 0 Å². The maximum atomic E-state index is 10.3. The highest BCUT2D eigenvalue weighted by molar-refractivity contribution is 7.72. The minimum atomic E-state index is -2.16. The second-order valence-electron chi connectivity index (χ2n) is 3.19. The van der Waals surface area contributed by atoms with Crippen molar-refractivity contribution in [3.63, 3.8) is 0 Å². The lowest BCUT2D eigenvalue weighted by Gasteiger charge is -2.21. The second kappa shape index (κ2) is 5.54. The largest absolute Gasteiger partial charge is 0.316 e. The number of hydrogen-bond acceptors (Lipinski definition) is 3. The zero-order valence-corrected chi connectivity index (χ0v) is 8.11. The molecule has 0 aromatic carbocycles. The molecule has 0 amide bonds. The van der Waals surface area contributed by atoms with Gasteiger partial charge >= 0.3 is 0 Å². The van der Waals surface area contributed by atoms with E-state index in [-0.39, 0.29) is 0 Å². The Bertz CT molecular complexity index is 177. The number of nitrogens with one attached hydrogen (secondary N) is 1. The van der Waals surface area contributed by atoms with Crippen molar-refractivity contribution < 1.29 is 8.42 Å². The van der Waals surface area contributed by atoms with Crippen LogP contribution in [0.3, 0.4) is 0 Å². The van der Waals surface area contributed by atoms with Gasteiger partial charge in [-0.25, -0.2) is 8.42 Å². The molecular weight excluding hydrogens is 174 g/mol. The van der Waals surface area contributed by atoms with Crippen LogP contribution in [-0.2, 0) is 10.7 Å². The van der Waals surface area contributed by atoms with Crippen molar-refractivity contribution in [2.45, 2.75) is 25.7 Å². The molecule has 0 aliphatic carbocycles. The van der Waals surface area contributed by atoms with E-state index in [1.807, 2.05) is 0 Å². The number of rotatable bonds is 4. The van der Waals surface area contributed by atoms with Crippen molar-refractivity contribution in [2.75, 3.05) is 18.8 Å². The molecule has 0 spiro atoms.